The summed E-state index contributed by atoms with van der Waals surface area (Å²) in [4.78, 5) is 15.0. The zero-order valence-electron chi connectivity index (χ0n) is 9.64. The Morgan fingerprint density at radius 2 is 2.16 bits per heavy atom. The maximum atomic E-state index is 13.1. The number of ether oxygens (including phenoxy) is 1. The summed E-state index contributed by atoms with van der Waals surface area (Å²) in [5.74, 6) is -1.74. The van der Waals surface area contributed by atoms with Crippen LogP contribution in [0.4, 0.5) is 4.39 Å². The van der Waals surface area contributed by atoms with Crippen molar-refractivity contribution >= 4 is 21.9 Å². The number of carbonyl (C=O) groups is 1. The second-order valence-electron chi connectivity index (χ2n) is 3.70. The summed E-state index contributed by atoms with van der Waals surface area (Å²) in [6.07, 6.45) is 1.60. The monoisotopic (exact) mass is 325 g/mol. The minimum absolute atomic E-state index is 0.0165. The van der Waals surface area contributed by atoms with Gasteiger partial charge in [0, 0.05) is 16.7 Å². The van der Waals surface area contributed by atoms with E-state index in [2.05, 4.69) is 20.9 Å². The third-order valence-corrected chi connectivity index (χ3v) is 2.81. The summed E-state index contributed by atoms with van der Waals surface area (Å²) >= 11 is 3.25. The number of hydrogen-bond donors (Lipinski definition) is 1. The van der Waals surface area contributed by atoms with E-state index in [1.807, 2.05) is 0 Å². The van der Waals surface area contributed by atoms with Crippen molar-refractivity contribution in [1.82, 2.24) is 4.98 Å². The highest BCUT2D eigenvalue weighted by Gasteiger charge is 2.12. The van der Waals surface area contributed by atoms with Gasteiger partial charge in [-0.25, -0.2) is 9.18 Å². The molecular formula is C13H9BrFNO3. The zero-order chi connectivity index (χ0) is 13.8. The fourth-order valence-electron chi connectivity index (χ4n) is 1.44. The topological polar surface area (TPSA) is 59.4 Å². The van der Waals surface area contributed by atoms with Crippen LogP contribution >= 0.6 is 15.9 Å². The van der Waals surface area contributed by atoms with Crippen molar-refractivity contribution in [1.29, 1.82) is 0 Å². The van der Waals surface area contributed by atoms with Gasteiger partial charge in [0.1, 0.15) is 23.7 Å². The SMILES string of the molecule is O=C(O)c1ccc(F)cc1OCc1ccc(Br)cn1. The minimum Gasteiger partial charge on any atom is -0.486 e. The predicted molar refractivity (Wildman–Crippen MR) is 69.6 cm³/mol. The smallest absolute Gasteiger partial charge is 0.339 e. The molecule has 1 heterocycles. The van der Waals surface area contributed by atoms with Gasteiger partial charge >= 0.3 is 5.97 Å². The first-order valence-corrected chi connectivity index (χ1v) is 6.11. The number of hydrogen-bond acceptors (Lipinski definition) is 3. The van der Waals surface area contributed by atoms with Gasteiger partial charge in [-0.15, -0.1) is 0 Å². The normalized spacial score (nSPS) is 10.2. The van der Waals surface area contributed by atoms with E-state index in [1.54, 1.807) is 18.3 Å². The van der Waals surface area contributed by atoms with E-state index in [9.17, 15) is 9.18 Å². The first-order valence-electron chi connectivity index (χ1n) is 5.32. The van der Waals surface area contributed by atoms with E-state index >= 15 is 0 Å². The molecule has 1 aromatic heterocycles. The molecule has 0 radical (unpaired) electrons. The van der Waals surface area contributed by atoms with Crippen LogP contribution in [0.3, 0.4) is 0 Å². The first-order chi connectivity index (χ1) is 9.06. The lowest BCUT2D eigenvalue weighted by Crippen LogP contribution is -2.04. The lowest BCUT2D eigenvalue weighted by atomic mass is 10.2. The second-order valence-corrected chi connectivity index (χ2v) is 4.62. The van der Waals surface area contributed by atoms with Gasteiger partial charge in [-0.3, -0.25) is 4.98 Å². The summed E-state index contributed by atoms with van der Waals surface area (Å²) in [6.45, 7) is 0.0665. The van der Waals surface area contributed by atoms with Gasteiger partial charge in [-0.1, -0.05) is 0 Å². The van der Waals surface area contributed by atoms with Gasteiger partial charge in [-0.05, 0) is 40.2 Å². The molecule has 0 bridgehead atoms. The number of nitrogens with zero attached hydrogens (tertiary/aromatic N) is 1. The number of halogens is 2. The molecule has 1 aromatic carbocycles. The van der Waals surface area contributed by atoms with E-state index in [-0.39, 0.29) is 17.9 Å². The number of carboxylic acid groups (broad SMARTS) is 1. The Hall–Kier alpha value is -1.95. The van der Waals surface area contributed by atoms with Crippen LogP contribution in [0.1, 0.15) is 16.1 Å². The lowest BCUT2D eigenvalue weighted by molar-refractivity contribution is 0.0691. The highest BCUT2D eigenvalue weighted by molar-refractivity contribution is 9.10. The highest BCUT2D eigenvalue weighted by Crippen LogP contribution is 2.21. The molecule has 0 aliphatic heterocycles. The third-order valence-electron chi connectivity index (χ3n) is 2.34. The van der Waals surface area contributed by atoms with E-state index in [0.29, 0.717) is 5.69 Å². The van der Waals surface area contributed by atoms with Crippen LogP contribution in [0.15, 0.2) is 41.0 Å². The number of carboxylic acids is 1. The molecule has 2 aromatic rings. The van der Waals surface area contributed by atoms with Crippen molar-refractivity contribution in [3.8, 4) is 5.75 Å². The van der Waals surface area contributed by atoms with Crippen molar-refractivity contribution in [3.05, 3.63) is 58.1 Å². The quantitative estimate of drug-likeness (QED) is 0.937. The Kier molecular flexibility index (Phi) is 4.11. The van der Waals surface area contributed by atoms with E-state index in [1.165, 1.54) is 6.07 Å². The fourth-order valence-corrected chi connectivity index (χ4v) is 1.67. The molecular weight excluding hydrogens is 317 g/mol. The lowest BCUT2D eigenvalue weighted by Gasteiger charge is -2.08. The van der Waals surface area contributed by atoms with E-state index in [4.69, 9.17) is 9.84 Å². The largest absolute Gasteiger partial charge is 0.486 e. The maximum absolute atomic E-state index is 13.1. The molecule has 4 nitrogen and oxygen atoms in total. The number of rotatable bonds is 4. The average Bonchev–Trinajstić information content (AvgIpc) is 2.38. The molecule has 0 saturated heterocycles. The maximum Gasteiger partial charge on any atom is 0.339 e. The molecule has 0 saturated carbocycles. The molecule has 0 fully saturated rings. The van der Waals surface area contributed by atoms with Crippen molar-refractivity contribution in [2.45, 2.75) is 6.61 Å². The Morgan fingerprint density at radius 1 is 1.37 bits per heavy atom. The molecule has 0 aliphatic rings. The van der Waals surface area contributed by atoms with E-state index in [0.717, 1.165) is 16.6 Å². The van der Waals surface area contributed by atoms with Gasteiger partial charge in [-0.2, -0.15) is 0 Å². The predicted octanol–water partition coefficient (Wildman–Crippen LogP) is 3.26. The number of pyridine rings is 1. The van der Waals surface area contributed by atoms with E-state index < -0.39 is 11.8 Å². The molecule has 0 spiro atoms. The van der Waals surface area contributed by atoms with Gasteiger partial charge in [0.15, 0.2) is 0 Å². The van der Waals surface area contributed by atoms with Crippen molar-refractivity contribution < 1.29 is 19.0 Å². The summed E-state index contributed by atoms with van der Waals surface area (Å²) in [6, 6.07) is 6.80. The Bertz CT molecular complexity index is 601. The standard InChI is InChI=1S/C13H9BrFNO3/c14-8-1-3-10(16-6-8)7-19-12-5-9(15)2-4-11(12)13(17)18/h1-6H,7H2,(H,17,18). The van der Waals surface area contributed by atoms with Gasteiger partial charge in [0.2, 0.25) is 0 Å². The van der Waals surface area contributed by atoms with Crippen LogP contribution in [-0.4, -0.2) is 16.1 Å². The fraction of sp³-hybridized carbons (Fsp3) is 0.0769. The molecule has 1 N–H and O–H groups in total. The molecule has 98 valence electrons. The minimum atomic E-state index is -1.17. The summed E-state index contributed by atoms with van der Waals surface area (Å²) in [5, 5.41) is 8.97. The molecule has 0 unspecified atom stereocenters. The average molecular weight is 326 g/mol. The first kappa shape index (κ1) is 13.5. The van der Waals surface area contributed by atoms with Gasteiger partial charge in [0.05, 0.1) is 5.69 Å². The molecule has 0 amide bonds. The second kappa shape index (κ2) is 5.79. The van der Waals surface area contributed by atoms with Crippen LogP contribution in [0.5, 0.6) is 5.75 Å². The van der Waals surface area contributed by atoms with Gasteiger partial charge in [0.25, 0.3) is 0 Å². The van der Waals surface area contributed by atoms with Crippen LogP contribution in [0.2, 0.25) is 0 Å². The zero-order valence-corrected chi connectivity index (χ0v) is 11.2. The molecule has 2 rings (SSSR count). The van der Waals surface area contributed by atoms with Crippen LogP contribution < -0.4 is 4.74 Å². The van der Waals surface area contributed by atoms with Crippen LogP contribution in [0.25, 0.3) is 0 Å². The van der Waals surface area contributed by atoms with Crippen molar-refractivity contribution in [2.75, 3.05) is 0 Å². The summed E-state index contributed by atoms with van der Waals surface area (Å²) in [5.41, 5.74) is 0.530. The van der Waals surface area contributed by atoms with Gasteiger partial charge < -0.3 is 9.84 Å². The van der Waals surface area contributed by atoms with Crippen molar-refractivity contribution in [2.24, 2.45) is 0 Å². The van der Waals surface area contributed by atoms with Crippen LogP contribution in [-0.2, 0) is 6.61 Å². The number of aromatic nitrogens is 1. The molecule has 6 heteroatoms. The van der Waals surface area contributed by atoms with Crippen LogP contribution in [0, 0.1) is 5.82 Å². The Labute approximate surface area is 117 Å². The highest BCUT2D eigenvalue weighted by atomic mass is 79.9. The molecule has 0 atom stereocenters. The summed E-state index contributed by atoms with van der Waals surface area (Å²) < 4.78 is 19.2. The number of benzene rings is 1. The summed E-state index contributed by atoms with van der Waals surface area (Å²) in [7, 11) is 0. The Balaban J connectivity index is 2.16. The van der Waals surface area contributed by atoms with Crippen molar-refractivity contribution in [3.63, 3.8) is 0 Å². The molecule has 19 heavy (non-hydrogen) atoms. The molecule has 0 aliphatic carbocycles. The Morgan fingerprint density at radius 3 is 2.79 bits per heavy atom. The third kappa shape index (κ3) is 3.51. The number of aromatic carboxylic acids is 1.